The molecule has 1 amide bonds. The molecule has 1 fully saturated rings. The molecular weight excluding hydrogens is 280 g/mol. The first-order chi connectivity index (χ1) is 10.6. The van der Waals surface area contributed by atoms with Crippen LogP contribution in [-0.4, -0.2) is 53.4 Å². The number of nitrogens with zero attached hydrogens (tertiary/aromatic N) is 2. The second-order valence-electron chi connectivity index (χ2n) is 5.87. The third-order valence-corrected chi connectivity index (χ3v) is 3.83. The SMILES string of the molecule is Cc1ccc(OCCN2C(=O)CCCN2CCC(C)O)cc1. The van der Waals surface area contributed by atoms with E-state index in [1.165, 1.54) is 5.56 Å². The van der Waals surface area contributed by atoms with Crippen LogP contribution < -0.4 is 4.74 Å². The summed E-state index contributed by atoms with van der Waals surface area (Å²) in [5, 5.41) is 13.2. The standard InChI is InChI=1S/C17H26N2O3/c1-14-5-7-16(8-6-14)22-13-12-19-17(21)4-3-10-18(19)11-9-15(2)20/h5-8,15,20H,3-4,9-13H2,1-2H3. The highest BCUT2D eigenvalue weighted by Crippen LogP contribution is 2.15. The van der Waals surface area contributed by atoms with Gasteiger partial charge >= 0.3 is 0 Å². The van der Waals surface area contributed by atoms with Gasteiger partial charge in [0.2, 0.25) is 5.91 Å². The van der Waals surface area contributed by atoms with Crippen molar-refractivity contribution < 1.29 is 14.6 Å². The van der Waals surface area contributed by atoms with E-state index >= 15 is 0 Å². The van der Waals surface area contributed by atoms with Gasteiger partial charge in [0.1, 0.15) is 12.4 Å². The second kappa shape index (κ2) is 8.15. The number of rotatable bonds is 7. The third-order valence-electron chi connectivity index (χ3n) is 3.83. The quantitative estimate of drug-likeness (QED) is 0.837. The van der Waals surface area contributed by atoms with Gasteiger partial charge in [-0.15, -0.1) is 0 Å². The number of hydrogen-bond donors (Lipinski definition) is 1. The Morgan fingerprint density at radius 1 is 1.27 bits per heavy atom. The number of hydrogen-bond acceptors (Lipinski definition) is 4. The van der Waals surface area contributed by atoms with Crippen LogP contribution >= 0.6 is 0 Å². The van der Waals surface area contributed by atoms with Crippen molar-refractivity contribution in [2.45, 2.75) is 39.2 Å². The van der Waals surface area contributed by atoms with E-state index < -0.39 is 0 Å². The van der Waals surface area contributed by atoms with Gasteiger partial charge in [-0.1, -0.05) is 17.7 Å². The Kier molecular flexibility index (Phi) is 6.21. The summed E-state index contributed by atoms with van der Waals surface area (Å²) in [6.07, 6.45) is 1.80. The molecule has 1 aromatic carbocycles. The van der Waals surface area contributed by atoms with Gasteiger partial charge in [-0.3, -0.25) is 9.80 Å². The normalized spacial score (nSPS) is 17.6. The monoisotopic (exact) mass is 306 g/mol. The van der Waals surface area contributed by atoms with Crippen LogP contribution in [0.4, 0.5) is 0 Å². The Balaban J connectivity index is 1.84. The fraction of sp³-hybridized carbons (Fsp3) is 0.588. The number of aryl methyl sites for hydroxylation is 1. The molecule has 1 unspecified atom stereocenters. The molecule has 1 aliphatic rings. The van der Waals surface area contributed by atoms with Gasteiger partial charge in [0.25, 0.3) is 0 Å². The van der Waals surface area contributed by atoms with Crippen LogP contribution in [0.1, 0.15) is 31.7 Å². The smallest absolute Gasteiger partial charge is 0.237 e. The molecule has 22 heavy (non-hydrogen) atoms. The number of amides is 1. The highest BCUT2D eigenvalue weighted by molar-refractivity contribution is 5.76. The van der Waals surface area contributed by atoms with Crippen LogP contribution in [0.3, 0.4) is 0 Å². The average molecular weight is 306 g/mol. The van der Waals surface area contributed by atoms with E-state index in [9.17, 15) is 9.90 Å². The topological polar surface area (TPSA) is 53.0 Å². The van der Waals surface area contributed by atoms with Crippen molar-refractivity contribution in [3.8, 4) is 5.75 Å². The number of carbonyl (C=O) groups excluding carboxylic acids is 1. The molecule has 0 aliphatic carbocycles. The number of benzene rings is 1. The molecule has 1 aliphatic heterocycles. The third kappa shape index (κ3) is 5.00. The van der Waals surface area contributed by atoms with Gasteiger partial charge in [0.15, 0.2) is 0 Å². The maximum Gasteiger partial charge on any atom is 0.237 e. The zero-order valence-electron chi connectivity index (χ0n) is 13.5. The highest BCUT2D eigenvalue weighted by atomic mass is 16.5. The molecular formula is C17H26N2O3. The Labute approximate surface area is 132 Å². The fourth-order valence-corrected chi connectivity index (χ4v) is 2.54. The Hall–Kier alpha value is -1.59. The van der Waals surface area contributed by atoms with Crippen LogP contribution in [0.2, 0.25) is 0 Å². The summed E-state index contributed by atoms with van der Waals surface area (Å²) in [4.78, 5) is 12.1. The van der Waals surface area contributed by atoms with E-state index in [0.29, 0.717) is 32.5 Å². The Bertz CT molecular complexity index is 473. The lowest BCUT2D eigenvalue weighted by Crippen LogP contribution is -2.52. The minimum absolute atomic E-state index is 0.143. The van der Waals surface area contributed by atoms with Crippen LogP contribution in [0, 0.1) is 6.92 Å². The van der Waals surface area contributed by atoms with Crippen LogP contribution in [0.15, 0.2) is 24.3 Å². The van der Waals surface area contributed by atoms with Crippen molar-refractivity contribution in [3.05, 3.63) is 29.8 Å². The van der Waals surface area contributed by atoms with Crippen molar-refractivity contribution in [1.82, 2.24) is 10.0 Å². The highest BCUT2D eigenvalue weighted by Gasteiger charge is 2.25. The van der Waals surface area contributed by atoms with Gasteiger partial charge in [-0.05, 0) is 38.8 Å². The first-order valence-corrected chi connectivity index (χ1v) is 7.99. The van der Waals surface area contributed by atoms with Crippen molar-refractivity contribution in [1.29, 1.82) is 0 Å². The van der Waals surface area contributed by atoms with Gasteiger partial charge in [-0.2, -0.15) is 0 Å². The first-order valence-electron chi connectivity index (χ1n) is 7.99. The van der Waals surface area contributed by atoms with Crippen molar-refractivity contribution in [3.63, 3.8) is 0 Å². The van der Waals surface area contributed by atoms with E-state index in [1.807, 2.05) is 36.2 Å². The van der Waals surface area contributed by atoms with E-state index in [-0.39, 0.29) is 12.0 Å². The van der Waals surface area contributed by atoms with Crippen LogP contribution in [0.5, 0.6) is 5.75 Å². The molecule has 1 heterocycles. The van der Waals surface area contributed by atoms with E-state index in [0.717, 1.165) is 18.7 Å². The number of carbonyl (C=O) groups is 1. The molecule has 5 heteroatoms. The lowest BCUT2D eigenvalue weighted by molar-refractivity contribution is -0.157. The second-order valence-corrected chi connectivity index (χ2v) is 5.87. The van der Waals surface area contributed by atoms with Crippen LogP contribution in [0.25, 0.3) is 0 Å². The molecule has 1 N–H and O–H groups in total. The summed E-state index contributed by atoms with van der Waals surface area (Å²) in [6, 6.07) is 7.91. The van der Waals surface area contributed by atoms with Gasteiger partial charge < -0.3 is 9.84 Å². The predicted molar refractivity (Wildman–Crippen MR) is 85.5 cm³/mol. The number of hydrazine groups is 1. The maximum absolute atomic E-state index is 12.1. The van der Waals surface area contributed by atoms with Crippen molar-refractivity contribution in [2.24, 2.45) is 0 Å². The molecule has 2 rings (SSSR count). The molecule has 0 aromatic heterocycles. The van der Waals surface area contributed by atoms with Gasteiger partial charge in [0, 0.05) is 19.5 Å². The maximum atomic E-state index is 12.1. The lowest BCUT2D eigenvalue weighted by atomic mass is 10.2. The lowest BCUT2D eigenvalue weighted by Gasteiger charge is -2.38. The number of ether oxygens (including phenoxy) is 1. The Morgan fingerprint density at radius 3 is 2.68 bits per heavy atom. The summed E-state index contributed by atoms with van der Waals surface area (Å²) < 4.78 is 5.72. The minimum atomic E-state index is -0.345. The zero-order valence-corrected chi connectivity index (χ0v) is 13.5. The number of aliphatic hydroxyl groups excluding tert-OH is 1. The zero-order chi connectivity index (χ0) is 15.9. The largest absolute Gasteiger partial charge is 0.492 e. The van der Waals surface area contributed by atoms with E-state index in [4.69, 9.17) is 4.74 Å². The molecule has 5 nitrogen and oxygen atoms in total. The van der Waals surface area contributed by atoms with Crippen molar-refractivity contribution >= 4 is 5.91 Å². The summed E-state index contributed by atoms with van der Waals surface area (Å²) >= 11 is 0. The Morgan fingerprint density at radius 2 is 2.00 bits per heavy atom. The molecule has 0 radical (unpaired) electrons. The minimum Gasteiger partial charge on any atom is -0.492 e. The number of aliphatic hydroxyl groups is 1. The molecule has 0 spiro atoms. The van der Waals surface area contributed by atoms with E-state index in [1.54, 1.807) is 11.9 Å². The summed E-state index contributed by atoms with van der Waals surface area (Å²) in [5.74, 6) is 0.968. The molecule has 0 saturated carbocycles. The van der Waals surface area contributed by atoms with Gasteiger partial charge in [-0.25, -0.2) is 5.01 Å². The summed E-state index contributed by atoms with van der Waals surface area (Å²) in [6.45, 7) is 6.40. The first kappa shape index (κ1) is 16.8. The molecule has 0 bridgehead atoms. The fourth-order valence-electron chi connectivity index (χ4n) is 2.54. The van der Waals surface area contributed by atoms with Crippen molar-refractivity contribution in [2.75, 3.05) is 26.2 Å². The molecule has 1 aromatic rings. The van der Waals surface area contributed by atoms with Gasteiger partial charge in [0.05, 0.1) is 12.6 Å². The molecule has 1 saturated heterocycles. The summed E-state index contributed by atoms with van der Waals surface area (Å²) in [5.41, 5.74) is 1.20. The average Bonchev–Trinajstić information content (AvgIpc) is 2.49. The van der Waals surface area contributed by atoms with E-state index in [2.05, 4.69) is 0 Å². The molecule has 122 valence electrons. The van der Waals surface area contributed by atoms with Crippen LogP contribution in [-0.2, 0) is 4.79 Å². The summed E-state index contributed by atoms with van der Waals surface area (Å²) in [7, 11) is 0. The molecule has 1 atom stereocenters. The predicted octanol–water partition coefficient (Wildman–Crippen LogP) is 1.98.